The fourth-order valence-corrected chi connectivity index (χ4v) is 1.11. The van der Waals surface area contributed by atoms with E-state index in [9.17, 15) is 9.59 Å². The highest BCUT2D eigenvalue weighted by Gasteiger charge is 2.12. The number of carbonyl (C=O) groups excluding carboxylic acids is 1. The molecule has 0 fully saturated rings. The molecule has 0 saturated heterocycles. The quantitative estimate of drug-likeness (QED) is 0.695. The molecule has 5 nitrogen and oxygen atoms in total. The van der Waals surface area contributed by atoms with Gasteiger partial charge in [-0.2, -0.15) is 5.10 Å². The van der Waals surface area contributed by atoms with Gasteiger partial charge in [0.2, 0.25) is 5.78 Å². The van der Waals surface area contributed by atoms with Gasteiger partial charge in [0.25, 0.3) is 0 Å². The first kappa shape index (κ1) is 10.4. The van der Waals surface area contributed by atoms with E-state index in [1.165, 1.54) is 6.20 Å². The molecule has 14 heavy (non-hydrogen) atoms. The molecule has 1 N–H and O–H groups in total. The van der Waals surface area contributed by atoms with Gasteiger partial charge in [0.1, 0.15) is 0 Å². The maximum atomic E-state index is 10.8. The Morgan fingerprint density at radius 2 is 2.29 bits per heavy atom. The van der Waals surface area contributed by atoms with Crippen molar-refractivity contribution >= 4 is 11.8 Å². The van der Waals surface area contributed by atoms with E-state index in [1.54, 1.807) is 10.9 Å². The highest BCUT2D eigenvalue weighted by molar-refractivity contribution is 6.33. The molecule has 0 atom stereocenters. The Balaban J connectivity index is 2.59. The summed E-state index contributed by atoms with van der Waals surface area (Å²) in [6, 6.07) is 0. The number of Topliss-reactive ketones (excluding diaryl/α,β-unsaturated/α-hetero) is 1. The Morgan fingerprint density at radius 3 is 2.86 bits per heavy atom. The second-order valence-electron chi connectivity index (χ2n) is 3.02. The van der Waals surface area contributed by atoms with Gasteiger partial charge in [0.05, 0.1) is 6.20 Å². The van der Waals surface area contributed by atoms with Crippen molar-refractivity contribution in [1.82, 2.24) is 9.78 Å². The number of nitrogens with zero attached hydrogens (tertiary/aromatic N) is 2. The molecule has 0 aliphatic carbocycles. The summed E-state index contributed by atoms with van der Waals surface area (Å²) in [6.45, 7) is 2.80. The van der Waals surface area contributed by atoms with Crippen LogP contribution in [0.5, 0.6) is 0 Å². The van der Waals surface area contributed by atoms with Crippen molar-refractivity contribution in [2.75, 3.05) is 0 Å². The van der Waals surface area contributed by atoms with Gasteiger partial charge in [-0.1, -0.05) is 6.92 Å². The fourth-order valence-electron chi connectivity index (χ4n) is 1.11. The van der Waals surface area contributed by atoms with E-state index in [1.807, 2.05) is 6.92 Å². The minimum absolute atomic E-state index is 0.0843. The lowest BCUT2D eigenvalue weighted by Gasteiger charge is -1.94. The molecule has 0 amide bonds. The van der Waals surface area contributed by atoms with Gasteiger partial charge in [-0.05, 0) is 12.0 Å². The number of rotatable bonds is 5. The lowest BCUT2D eigenvalue weighted by Crippen LogP contribution is -2.14. The molecule has 0 aliphatic rings. The largest absolute Gasteiger partial charge is 0.475 e. The zero-order valence-corrected chi connectivity index (χ0v) is 7.93. The number of ketones is 1. The van der Waals surface area contributed by atoms with Gasteiger partial charge in [-0.3, -0.25) is 9.48 Å². The monoisotopic (exact) mass is 196 g/mol. The second kappa shape index (κ2) is 4.55. The van der Waals surface area contributed by atoms with Crippen molar-refractivity contribution in [1.29, 1.82) is 0 Å². The van der Waals surface area contributed by atoms with E-state index >= 15 is 0 Å². The normalized spacial score (nSPS) is 10.1. The van der Waals surface area contributed by atoms with Gasteiger partial charge >= 0.3 is 5.97 Å². The number of carboxylic acids is 1. The summed E-state index contributed by atoms with van der Waals surface area (Å²) >= 11 is 0. The summed E-state index contributed by atoms with van der Waals surface area (Å²) in [5.41, 5.74) is 0.644. The smallest absolute Gasteiger partial charge is 0.372 e. The molecular formula is C9H12N2O3. The maximum absolute atomic E-state index is 10.8. The SMILES string of the molecule is CCCn1cc(CC(=O)C(=O)O)cn1. The molecule has 5 heteroatoms. The van der Waals surface area contributed by atoms with Crippen molar-refractivity contribution in [2.24, 2.45) is 0 Å². The molecule has 0 radical (unpaired) electrons. The van der Waals surface area contributed by atoms with Gasteiger partial charge in [0.15, 0.2) is 0 Å². The molecule has 0 bridgehead atoms. The van der Waals surface area contributed by atoms with Crippen LogP contribution in [0.4, 0.5) is 0 Å². The number of aromatic nitrogens is 2. The first-order valence-corrected chi connectivity index (χ1v) is 4.41. The van der Waals surface area contributed by atoms with E-state index in [4.69, 9.17) is 5.11 Å². The van der Waals surface area contributed by atoms with Crippen LogP contribution in [0.3, 0.4) is 0 Å². The average molecular weight is 196 g/mol. The van der Waals surface area contributed by atoms with Crippen molar-refractivity contribution in [3.05, 3.63) is 18.0 Å². The van der Waals surface area contributed by atoms with Crippen LogP contribution in [0, 0.1) is 0 Å². The van der Waals surface area contributed by atoms with Crippen molar-refractivity contribution in [3.63, 3.8) is 0 Å². The third kappa shape index (κ3) is 2.69. The Labute approximate surface area is 81.3 Å². The zero-order chi connectivity index (χ0) is 10.6. The number of carbonyl (C=O) groups is 2. The Morgan fingerprint density at radius 1 is 1.57 bits per heavy atom. The number of aryl methyl sites for hydroxylation is 1. The van der Waals surface area contributed by atoms with Crippen LogP contribution in [0.1, 0.15) is 18.9 Å². The van der Waals surface area contributed by atoms with Crippen LogP contribution in [0.2, 0.25) is 0 Å². The van der Waals surface area contributed by atoms with Gasteiger partial charge < -0.3 is 5.11 Å². The van der Waals surface area contributed by atoms with E-state index in [2.05, 4.69) is 5.10 Å². The van der Waals surface area contributed by atoms with Crippen LogP contribution in [0.25, 0.3) is 0 Å². The van der Waals surface area contributed by atoms with Gasteiger partial charge in [-0.15, -0.1) is 0 Å². The van der Waals surface area contributed by atoms with E-state index in [-0.39, 0.29) is 6.42 Å². The number of carboxylic acid groups (broad SMARTS) is 1. The Hall–Kier alpha value is -1.65. The molecule has 1 heterocycles. The van der Waals surface area contributed by atoms with Crippen molar-refractivity contribution in [3.8, 4) is 0 Å². The zero-order valence-electron chi connectivity index (χ0n) is 7.93. The third-order valence-corrected chi connectivity index (χ3v) is 1.74. The fraction of sp³-hybridized carbons (Fsp3) is 0.444. The molecule has 0 aliphatic heterocycles. The molecule has 0 aromatic carbocycles. The highest BCUT2D eigenvalue weighted by atomic mass is 16.4. The molecule has 0 unspecified atom stereocenters. The molecule has 1 rings (SSSR count). The lowest BCUT2D eigenvalue weighted by molar-refractivity contribution is -0.148. The molecule has 1 aromatic rings. The van der Waals surface area contributed by atoms with Crippen molar-refractivity contribution < 1.29 is 14.7 Å². The summed E-state index contributed by atoms with van der Waals surface area (Å²) < 4.78 is 1.70. The summed E-state index contributed by atoms with van der Waals surface area (Å²) in [5, 5.41) is 12.4. The Bertz CT molecular complexity index is 344. The van der Waals surface area contributed by atoms with Crippen molar-refractivity contribution in [2.45, 2.75) is 26.3 Å². The van der Waals surface area contributed by atoms with Gasteiger partial charge in [0, 0.05) is 19.2 Å². The molecule has 76 valence electrons. The molecule has 1 aromatic heterocycles. The van der Waals surface area contributed by atoms with Gasteiger partial charge in [-0.25, -0.2) is 4.79 Å². The predicted molar refractivity (Wildman–Crippen MR) is 48.9 cm³/mol. The van der Waals surface area contributed by atoms with E-state index < -0.39 is 11.8 Å². The van der Waals surface area contributed by atoms with Crippen LogP contribution >= 0.6 is 0 Å². The average Bonchev–Trinajstić information content (AvgIpc) is 2.53. The predicted octanol–water partition coefficient (Wildman–Crippen LogP) is 0.489. The first-order chi connectivity index (χ1) is 6.63. The third-order valence-electron chi connectivity index (χ3n) is 1.74. The summed E-state index contributed by atoms with van der Waals surface area (Å²) in [6.07, 6.45) is 4.09. The number of aliphatic carboxylic acids is 1. The van der Waals surface area contributed by atoms with Crippen LogP contribution < -0.4 is 0 Å². The van der Waals surface area contributed by atoms with E-state index in [0.29, 0.717) is 5.56 Å². The molecule has 0 saturated carbocycles. The molecule has 0 spiro atoms. The summed E-state index contributed by atoms with van der Waals surface area (Å²) in [7, 11) is 0. The minimum atomic E-state index is -1.40. The van der Waals surface area contributed by atoms with E-state index in [0.717, 1.165) is 13.0 Å². The second-order valence-corrected chi connectivity index (χ2v) is 3.02. The highest BCUT2D eigenvalue weighted by Crippen LogP contribution is 2.00. The lowest BCUT2D eigenvalue weighted by atomic mass is 10.2. The maximum Gasteiger partial charge on any atom is 0.372 e. The Kier molecular flexibility index (Phi) is 3.39. The van der Waals surface area contributed by atoms with Crippen LogP contribution in [-0.4, -0.2) is 26.6 Å². The minimum Gasteiger partial charge on any atom is -0.475 e. The summed E-state index contributed by atoms with van der Waals surface area (Å²) in [4.78, 5) is 21.1. The number of hydrogen-bond acceptors (Lipinski definition) is 3. The standard InChI is InChI=1S/C9H12N2O3/c1-2-3-11-6-7(5-10-11)4-8(12)9(13)14/h5-6H,2-4H2,1H3,(H,13,14). The topological polar surface area (TPSA) is 72.2 Å². The number of hydrogen-bond donors (Lipinski definition) is 1. The van der Waals surface area contributed by atoms with Crippen LogP contribution in [0.15, 0.2) is 12.4 Å². The molecular weight excluding hydrogens is 184 g/mol. The summed E-state index contributed by atoms with van der Waals surface area (Å²) in [5.74, 6) is -2.20. The first-order valence-electron chi connectivity index (χ1n) is 4.41. The van der Waals surface area contributed by atoms with Crippen LogP contribution in [-0.2, 0) is 22.6 Å².